The van der Waals surface area contributed by atoms with Gasteiger partial charge < -0.3 is 14.6 Å². The van der Waals surface area contributed by atoms with Crippen molar-refractivity contribution in [3.05, 3.63) is 12.2 Å². The highest BCUT2D eigenvalue weighted by molar-refractivity contribution is 5.69. The molecular weight excluding hydrogens is 400 g/mol. The summed E-state index contributed by atoms with van der Waals surface area (Å²) in [5.74, 6) is -0.213. The second-order valence-electron chi connectivity index (χ2n) is 9.12. The van der Waals surface area contributed by atoms with Crippen LogP contribution in [0.2, 0.25) is 0 Å². The van der Waals surface area contributed by atoms with Gasteiger partial charge in [-0.2, -0.15) is 0 Å². The fraction of sp³-hybridized carbons (Fsp3) is 0.893. The maximum Gasteiger partial charge on any atom is 0.306 e. The summed E-state index contributed by atoms with van der Waals surface area (Å²) >= 11 is 0. The molecule has 0 rings (SSSR count). The molecule has 0 amide bonds. The van der Waals surface area contributed by atoms with E-state index in [4.69, 9.17) is 9.47 Å². The molecule has 0 spiro atoms. The molecule has 0 aromatic carbocycles. The smallest absolute Gasteiger partial charge is 0.306 e. The van der Waals surface area contributed by atoms with Crippen molar-refractivity contribution >= 4 is 5.97 Å². The highest BCUT2D eigenvalue weighted by atomic mass is 16.6. The van der Waals surface area contributed by atoms with Gasteiger partial charge in [0.15, 0.2) is 0 Å². The summed E-state index contributed by atoms with van der Waals surface area (Å²) in [6, 6.07) is 0. The van der Waals surface area contributed by atoms with E-state index < -0.39 is 6.10 Å². The van der Waals surface area contributed by atoms with Crippen molar-refractivity contribution in [3.8, 4) is 0 Å². The fourth-order valence-electron chi connectivity index (χ4n) is 3.73. The Bertz CT molecular complexity index is 408. The average molecular weight is 455 g/mol. The zero-order valence-corrected chi connectivity index (χ0v) is 21.5. The predicted octanol–water partition coefficient (Wildman–Crippen LogP) is 7.92. The van der Waals surface area contributed by atoms with Crippen LogP contribution in [0.25, 0.3) is 0 Å². The highest BCUT2D eigenvalue weighted by Gasteiger charge is 2.13. The molecule has 0 saturated carbocycles. The summed E-state index contributed by atoms with van der Waals surface area (Å²) in [5, 5.41) is 9.41. The molecule has 4 nitrogen and oxygen atoms in total. The van der Waals surface area contributed by atoms with Crippen molar-refractivity contribution in [2.75, 3.05) is 19.8 Å². The van der Waals surface area contributed by atoms with Gasteiger partial charge in [-0.3, -0.25) is 4.79 Å². The van der Waals surface area contributed by atoms with Crippen LogP contribution in [0.4, 0.5) is 0 Å². The Kier molecular flexibility index (Phi) is 25.7. The Morgan fingerprint density at radius 1 is 0.719 bits per heavy atom. The molecule has 0 aliphatic rings. The zero-order chi connectivity index (χ0) is 23.5. The molecule has 0 aromatic heterocycles. The van der Waals surface area contributed by atoms with Gasteiger partial charge in [0.25, 0.3) is 0 Å². The van der Waals surface area contributed by atoms with E-state index in [9.17, 15) is 9.90 Å². The second-order valence-corrected chi connectivity index (χ2v) is 9.12. The summed E-state index contributed by atoms with van der Waals surface area (Å²) < 4.78 is 11.0. The SMILES string of the molecule is CCCCCC/C=C\CCCCCCCCOCC(CO)OC(=O)CCCCCCCC. The van der Waals surface area contributed by atoms with Gasteiger partial charge in [0, 0.05) is 13.0 Å². The van der Waals surface area contributed by atoms with Crippen LogP contribution in [0.3, 0.4) is 0 Å². The lowest BCUT2D eigenvalue weighted by Crippen LogP contribution is -2.27. The number of esters is 1. The van der Waals surface area contributed by atoms with E-state index in [0.29, 0.717) is 19.6 Å². The van der Waals surface area contributed by atoms with Crippen molar-refractivity contribution in [1.29, 1.82) is 0 Å². The van der Waals surface area contributed by atoms with Crippen LogP contribution in [-0.4, -0.2) is 37.0 Å². The van der Waals surface area contributed by atoms with Gasteiger partial charge in [-0.1, -0.05) is 103 Å². The second kappa shape index (κ2) is 26.4. The minimum absolute atomic E-state index is 0.171. The minimum atomic E-state index is -0.526. The molecule has 0 aliphatic heterocycles. The Hall–Kier alpha value is -0.870. The first-order chi connectivity index (χ1) is 15.7. The monoisotopic (exact) mass is 454 g/mol. The Labute approximate surface area is 199 Å². The molecule has 0 radical (unpaired) electrons. The third kappa shape index (κ3) is 23.8. The number of unbranched alkanes of at least 4 members (excludes halogenated alkanes) is 15. The van der Waals surface area contributed by atoms with Gasteiger partial charge in [0.05, 0.1) is 13.2 Å². The number of carbonyl (C=O) groups is 1. The number of carbonyl (C=O) groups excluding carboxylic acids is 1. The minimum Gasteiger partial charge on any atom is -0.457 e. The molecule has 0 aliphatic carbocycles. The summed E-state index contributed by atoms with van der Waals surface area (Å²) in [4.78, 5) is 11.9. The highest BCUT2D eigenvalue weighted by Crippen LogP contribution is 2.10. The first-order valence-electron chi connectivity index (χ1n) is 13.8. The van der Waals surface area contributed by atoms with Crippen LogP contribution in [0, 0.1) is 0 Å². The molecule has 4 heteroatoms. The summed E-state index contributed by atoms with van der Waals surface area (Å²) in [5.41, 5.74) is 0. The number of ether oxygens (including phenoxy) is 2. The number of rotatable bonds is 25. The Balaban J connectivity index is 3.43. The molecular formula is C28H54O4. The molecule has 0 bridgehead atoms. The van der Waals surface area contributed by atoms with Gasteiger partial charge in [-0.05, 0) is 38.5 Å². The van der Waals surface area contributed by atoms with E-state index in [1.54, 1.807) is 0 Å². The molecule has 0 fully saturated rings. The Morgan fingerprint density at radius 2 is 1.22 bits per heavy atom. The maximum absolute atomic E-state index is 11.9. The van der Waals surface area contributed by atoms with Crippen LogP contribution < -0.4 is 0 Å². The number of aliphatic hydroxyl groups excluding tert-OH is 1. The number of aliphatic hydroxyl groups is 1. The molecule has 1 atom stereocenters. The maximum atomic E-state index is 11.9. The summed E-state index contributed by atoms with van der Waals surface area (Å²) in [7, 11) is 0. The normalized spacial score (nSPS) is 12.5. The van der Waals surface area contributed by atoms with E-state index in [-0.39, 0.29) is 12.6 Å². The predicted molar refractivity (Wildman–Crippen MR) is 136 cm³/mol. The van der Waals surface area contributed by atoms with Crippen LogP contribution in [0.1, 0.15) is 136 Å². The molecule has 1 unspecified atom stereocenters. The van der Waals surface area contributed by atoms with Gasteiger partial charge in [0.1, 0.15) is 6.10 Å². The Morgan fingerprint density at radius 3 is 1.81 bits per heavy atom. The van der Waals surface area contributed by atoms with Gasteiger partial charge in [0.2, 0.25) is 0 Å². The largest absolute Gasteiger partial charge is 0.457 e. The van der Waals surface area contributed by atoms with Crippen LogP contribution in [-0.2, 0) is 14.3 Å². The van der Waals surface area contributed by atoms with Gasteiger partial charge >= 0.3 is 5.97 Å². The van der Waals surface area contributed by atoms with Crippen molar-refractivity contribution in [1.82, 2.24) is 0 Å². The van der Waals surface area contributed by atoms with Crippen LogP contribution in [0.15, 0.2) is 12.2 Å². The van der Waals surface area contributed by atoms with Gasteiger partial charge in [-0.25, -0.2) is 0 Å². The van der Waals surface area contributed by atoms with Crippen LogP contribution >= 0.6 is 0 Å². The topological polar surface area (TPSA) is 55.8 Å². The van der Waals surface area contributed by atoms with Crippen molar-refractivity contribution in [2.24, 2.45) is 0 Å². The zero-order valence-electron chi connectivity index (χ0n) is 21.5. The molecule has 0 aromatic rings. The van der Waals surface area contributed by atoms with E-state index in [0.717, 1.165) is 19.3 Å². The van der Waals surface area contributed by atoms with E-state index in [1.807, 2.05) is 0 Å². The first kappa shape index (κ1) is 31.1. The third-order valence-electron chi connectivity index (χ3n) is 5.84. The van der Waals surface area contributed by atoms with Crippen molar-refractivity contribution < 1.29 is 19.4 Å². The van der Waals surface area contributed by atoms with E-state index >= 15 is 0 Å². The number of hydrogen-bond acceptors (Lipinski definition) is 4. The number of allylic oxidation sites excluding steroid dienone is 2. The first-order valence-corrected chi connectivity index (χ1v) is 13.8. The van der Waals surface area contributed by atoms with Crippen molar-refractivity contribution in [2.45, 2.75) is 142 Å². The van der Waals surface area contributed by atoms with Crippen molar-refractivity contribution in [3.63, 3.8) is 0 Å². The summed E-state index contributed by atoms with van der Waals surface area (Å²) in [6.07, 6.45) is 26.7. The molecule has 0 saturated heterocycles. The molecule has 1 N–H and O–H groups in total. The van der Waals surface area contributed by atoms with E-state index in [2.05, 4.69) is 26.0 Å². The van der Waals surface area contributed by atoms with Gasteiger partial charge in [-0.15, -0.1) is 0 Å². The lowest BCUT2D eigenvalue weighted by molar-refractivity contribution is -0.154. The molecule has 190 valence electrons. The molecule has 0 heterocycles. The summed E-state index contributed by atoms with van der Waals surface area (Å²) in [6.45, 7) is 5.25. The lowest BCUT2D eigenvalue weighted by Gasteiger charge is -2.15. The van der Waals surface area contributed by atoms with E-state index in [1.165, 1.54) is 96.3 Å². The standard InChI is InChI=1S/C28H54O4/c1-3-5-7-9-11-12-13-14-15-16-17-18-20-22-24-31-26-27(25-29)32-28(30)23-21-19-10-8-6-4-2/h12-13,27,29H,3-11,14-26H2,1-2H3/b13-12-. The lowest BCUT2D eigenvalue weighted by atomic mass is 10.1. The average Bonchev–Trinajstić information content (AvgIpc) is 2.80. The van der Waals surface area contributed by atoms with Crippen LogP contribution in [0.5, 0.6) is 0 Å². The molecule has 32 heavy (non-hydrogen) atoms. The fourth-order valence-corrected chi connectivity index (χ4v) is 3.73. The number of hydrogen-bond donors (Lipinski definition) is 1. The third-order valence-corrected chi connectivity index (χ3v) is 5.84. The quantitative estimate of drug-likeness (QED) is 0.0864.